The molecule has 118 valence electrons. The number of alkyl halides is 1. The molecule has 1 atom stereocenters. The molecule has 1 aromatic heterocycles. The van der Waals surface area contributed by atoms with Gasteiger partial charge in [-0.25, -0.2) is 4.79 Å². The van der Waals surface area contributed by atoms with Crippen molar-refractivity contribution in [2.75, 3.05) is 7.11 Å². The fraction of sp³-hybridized carbons (Fsp3) is 0.600. The van der Waals surface area contributed by atoms with Crippen molar-refractivity contribution in [3.05, 3.63) is 22.5 Å². The van der Waals surface area contributed by atoms with E-state index in [1.165, 1.54) is 7.11 Å². The molecule has 0 bridgehead atoms. The molecule has 1 aromatic rings. The van der Waals surface area contributed by atoms with Gasteiger partial charge in [-0.1, -0.05) is 15.9 Å². The first kappa shape index (κ1) is 17.8. The highest BCUT2D eigenvalue weighted by molar-refractivity contribution is 9.10. The second-order valence-electron chi connectivity index (χ2n) is 5.93. The lowest BCUT2D eigenvalue weighted by molar-refractivity contribution is -0.139. The number of aromatic nitrogens is 1. The van der Waals surface area contributed by atoms with Crippen molar-refractivity contribution >= 4 is 27.9 Å². The third-order valence-corrected chi connectivity index (χ3v) is 3.73. The summed E-state index contributed by atoms with van der Waals surface area (Å²) in [5.74, 6) is -0.729. The van der Waals surface area contributed by atoms with Crippen molar-refractivity contribution in [2.45, 2.75) is 51.5 Å². The zero-order valence-electron chi connectivity index (χ0n) is 13.3. The minimum atomic E-state index is -0.549. The van der Waals surface area contributed by atoms with Crippen molar-refractivity contribution in [1.29, 1.82) is 0 Å². The summed E-state index contributed by atoms with van der Waals surface area (Å²) in [7, 11) is 1.35. The van der Waals surface area contributed by atoms with E-state index in [1.54, 1.807) is 0 Å². The Labute approximate surface area is 133 Å². The third-order valence-electron chi connectivity index (χ3n) is 3.04. The molecule has 0 aliphatic carbocycles. The Hall–Kier alpha value is -1.30. The average Bonchev–Trinajstić information content (AvgIpc) is 2.63. The second kappa shape index (κ2) is 6.64. The Kier molecular flexibility index (Phi) is 5.61. The van der Waals surface area contributed by atoms with Crippen LogP contribution in [0.1, 0.15) is 48.1 Å². The number of hydrogen-bond donors (Lipinski definition) is 1. The van der Waals surface area contributed by atoms with E-state index in [0.717, 1.165) is 16.8 Å². The van der Waals surface area contributed by atoms with Gasteiger partial charge in [-0.05, 0) is 52.2 Å². The molecule has 1 rings (SSSR count). The highest BCUT2D eigenvalue weighted by Gasteiger charge is 2.25. The summed E-state index contributed by atoms with van der Waals surface area (Å²) in [6.07, 6.45) is 0.448. The molecule has 0 fully saturated rings. The van der Waals surface area contributed by atoms with Crippen molar-refractivity contribution in [3.8, 4) is 0 Å². The van der Waals surface area contributed by atoms with Crippen molar-refractivity contribution < 1.29 is 19.1 Å². The maximum atomic E-state index is 12.2. The van der Waals surface area contributed by atoms with Crippen LogP contribution in [0, 0.1) is 13.8 Å². The van der Waals surface area contributed by atoms with Gasteiger partial charge in [0.1, 0.15) is 16.1 Å². The minimum Gasteiger partial charge on any atom is -0.468 e. The number of rotatable bonds is 4. The average molecular weight is 360 g/mol. The van der Waals surface area contributed by atoms with Gasteiger partial charge in [0.05, 0.1) is 7.11 Å². The molecule has 0 saturated heterocycles. The fourth-order valence-electron chi connectivity index (χ4n) is 2.02. The number of esters is 2. The molecule has 0 spiro atoms. The van der Waals surface area contributed by atoms with E-state index >= 15 is 0 Å². The summed E-state index contributed by atoms with van der Waals surface area (Å²) in [6.45, 7) is 9.18. The third kappa shape index (κ3) is 4.59. The molecule has 0 aromatic carbocycles. The van der Waals surface area contributed by atoms with Crippen LogP contribution in [0.2, 0.25) is 0 Å². The Morgan fingerprint density at radius 1 is 1.29 bits per heavy atom. The first-order valence-electron chi connectivity index (χ1n) is 6.70. The number of nitrogens with one attached hydrogen (secondary N) is 1. The number of carbonyl (C=O) groups is 2. The molecule has 21 heavy (non-hydrogen) atoms. The Balaban J connectivity index is 3.00. The standard InChI is InChI=1S/C15H22BrNO4/c1-8-10(7-11(16)13(18)20-6)9(2)17-12(8)14(19)21-15(3,4)5/h11,17H,7H2,1-6H3. The number of hydrogen-bond acceptors (Lipinski definition) is 4. The predicted molar refractivity (Wildman–Crippen MR) is 83.9 cm³/mol. The molecular formula is C15H22BrNO4. The SMILES string of the molecule is COC(=O)C(Br)Cc1c(C)[nH]c(C(=O)OC(C)(C)C)c1C. The molecule has 0 radical (unpaired) electrons. The van der Waals surface area contributed by atoms with Gasteiger partial charge in [-0.15, -0.1) is 0 Å². The number of aryl methyl sites for hydroxylation is 1. The number of methoxy groups -OCH3 is 1. The number of halogens is 1. The van der Waals surface area contributed by atoms with Crippen LogP contribution in [0.5, 0.6) is 0 Å². The first-order valence-corrected chi connectivity index (χ1v) is 7.61. The van der Waals surface area contributed by atoms with Gasteiger partial charge in [0.25, 0.3) is 0 Å². The Morgan fingerprint density at radius 3 is 2.33 bits per heavy atom. The van der Waals surface area contributed by atoms with Gasteiger partial charge in [-0.2, -0.15) is 0 Å². The van der Waals surface area contributed by atoms with Crippen LogP contribution >= 0.6 is 15.9 Å². The van der Waals surface area contributed by atoms with Crippen LogP contribution in [-0.4, -0.2) is 34.5 Å². The van der Waals surface area contributed by atoms with Crippen LogP contribution in [-0.2, 0) is 20.7 Å². The zero-order chi connectivity index (χ0) is 16.4. The van der Waals surface area contributed by atoms with Crippen LogP contribution in [0.4, 0.5) is 0 Å². The quantitative estimate of drug-likeness (QED) is 0.662. The lowest BCUT2D eigenvalue weighted by atomic mass is 10.0. The van der Waals surface area contributed by atoms with Crippen LogP contribution < -0.4 is 0 Å². The van der Waals surface area contributed by atoms with Crippen LogP contribution in [0.25, 0.3) is 0 Å². The van der Waals surface area contributed by atoms with E-state index in [-0.39, 0.29) is 5.97 Å². The lowest BCUT2D eigenvalue weighted by Gasteiger charge is -2.19. The molecule has 1 N–H and O–H groups in total. The number of ether oxygens (including phenoxy) is 2. The number of aromatic amines is 1. The molecule has 0 saturated carbocycles. The van der Waals surface area contributed by atoms with Crippen LogP contribution in [0.15, 0.2) is 0 Å². The topological polar surface area (TPSA) is 68.4 Å². The fourth-order valence-corrected chi connectivity index (χ4v) is 2.53. The molecular weight excluding hydrogens is 338 g/mol. The second-order valence-corrected chi connectivity index (χ2v) is 7.03. The first-order chi connectivity index (χ1) is 9.56. The van der Waals surface area contributed by atoms with Gasteiger partial charge in [-0.3, -0.25) is 4.79 Å². The van der Waals surface area contributed by atoms with E-state index in [1.807, 2.05) is 34.6 Å². The lowest BCUT2D eigenvalue weighted by Crippen LogP contribution is -2.24. The summed E-state index contributed by atoms with van der Waals surface area (Å²) in [6, 6.07) is 0. The van der Waals surface area contributed by atoms with E-state index in [4.69, 9.17) is 9.47 Å². The van der Waals surface area contributed by atoms with Gasteiger partial charge < -0.3 is 14.5 Å². The van der Waals surface area contributed by atoms with Gasteiger partial charge >= 0.3 is 11.9 Å². The van der Waals surface area contributed by atoms with Crippen molar-refractivity contribution in [2.24, 2.45) is 0 Å². The smallest absolute Gasteiger partial charge is 0.355 e. The molecule has 0 amide bonds. The Bertz CT molecular complexity index is 543. The number of H-pyrrole nitrogens is 1. The van der Waals surface area contributed by atoms with Gasteiger partial charge in [0.15, 0.2) is 0 Å². The zero-order valence-corrected chi connectivity index (χ0v) is 14.9. The number of carbonyl (C=O) groups excluding carboxylic acids is 2. The normalized spacial score (nSPS) is 12.9. The van der Waals surface area contributed by atoms with Gasteiger partial charge in [0, 0.05) is 5.69 Å². The maximum absolute atomic E-state index is 12.2. The predicted octanol–water partition coefficient (Wildman–Crippen LogP) is 3.07. The summed E-state index contributed by atoms with van der Waals surface area (Å²) in [5, 5.41) is 0. The molecule has 5 nitrogen and oxygen atoms in total. The Morgan fingerprint density at radius 2 is 1.86 bits per heavy atom. The highest BCUT2D eigenvalue weighted by atomic mass is 79.9. The largest absolute Gasteiger partial charge is 0.468 e. The molecule has 0 aliphatic heterocycles. The summed E-state index contributed by atoms with van der Waals surface area (Å²) in [4.78, 5) is 26.3. The van der Waals surface area contributed by atoms with E-state index < -0.39 is 16.4 Å². The van der Waals surface area contributed by atoms with E-state index in [0.29, 0.717) is 12.1 Å². The summed E-state index contributed by atoms with van der Waals surface area (Å²) in [5.41, 5.74) is 2.45. The summed E-state index contributed by atoms with van der Waals surface area (Å²) >= 11 is 3.30. The molecule has 1 unspecified atom stereocenters. The minimum absolute atomic E-state index is 0.339. The maximum Gasteiger partial charge on any atom is 0.355 e. The molecule has 6 heteroatoms. The molecule has 1 heterocycles. The summed E-state index contributed by atoms with van der Waals surface area (Å²) < 4.78 is 10.1. The van der Waals surface area contributed by atoms with Crippen molar-refractivity contribution in [1.82, 2.24) is 4.98 Å². The highest BCUT2D eigenvalue weighted by Crippen LogP contribution is 2.24. The molecule has 0 aliphatic rings. The van der Waals surface area contributed by atoms with E-state index in [9.17, 15) is 9.59 Å². The van der Waals surface area contributed by atoms with Crippen LogP contribution in [0.3, 0.4) is 0 Å². The van der Waals surface area contributed by atoms with E-state index in [2.05, 4.69) is 20.9 Å². The monoisotopic (exact) mass is 359 g/mol. The van der Waals surface area contributed by atoms with Gasteiger partial charge in [0.2, 0.25) is 0 Å². The van der Waals surface area contributed by atoms with Crippen molar-refractivity contribution in [3.63, 3.8) is 0 Å².